The number of thiocarbonyl (C=S) groups is 1. The minimum atomic E-state index is -0.434. The molecule has 2 aromatic carbocycles. The molecule has 1 heterocycles. The Labute approximate surface area is 176 Å². The summed E-state index contributed by atoms with van der Waals surface area (Å²) in [5, 5.41) is 2.20. The topological polar surface area (TPSA) is 27.1 Å². The van der Waals surface area contributed by atoms with E-state index in [4.69, 9.17) is 63.4 Å². The van der Waals surface area contributed by atoms with Crippen LogP contribution in [0.4, 0.5) is 0 Å². The Morgan fingerprint density at radius 3 is 2.50 bits per heavy atom. The van der Waals surface area contributed by atoms with Crippen LogP contribution in [0.5, 0.6) is 0 Å². The van der Waals surface area contributed by atoms with E-state index in [0.29, 0.717) is 37.2 Å². The maximum atomic E-state index is 6.37. The van der Waals surface area contributed by atoms with Gasteiger partial charge < -0.3 is 9.30 Å². The van der Waals surface area contributed by atoms with Crippen molar-refractivity contribution in [1.29, 1.82) is 0 Å². The van der Waals surface area contributed by atoms with Gasteiger partial charge in [-0.25, -0.2) is 4.98 Å². The molecule has 3 rings (SSSR count). The van der Waals surface area contributed by atoms with Gasteiger partial charge >= 0.3 is 0 Å². The molecule has 0 amide bonds. The number of ether oxygens (including phenoxy) is 1. The van der Waals surface area contributed by atoms with Gasteiger partial charge in [0.1, 0.15) is 6.10 Å². The first kappa shape index (κ1) is 19.5. The Morgan fingerprint density at radius 2 is 1.85 bits per heavy atom. The van der Waals surface area contributed by atoms with Crippen molar-refractivity contribution in [3.05, 3.63) is 86.3 Å². The van der Waals surface area contributed by atoms with Crippen LogP contribution in [0.15, 0.2) is 55.1 Å². The van der Waals surface area contributed by atoms with Crippen LogP contribution < -0.4 is 0 Å². The number of benzene rings is 2. The summed E-state index contributed by atoms with van der Waals surface area (Å²) >= 11 is 29.9. The van der Waals surface area contributed by atoms with E-state index >= 15 is 0 Å². The molecule has 3 nitrogen and oxygen atoms in total. The smallest absolute Gasteiger partial charge is 0.191 e. The van der Waals surface area contributed by atoms with Crippen molar-refractivity contribution in [2.45, 2.75) is 12.6 Å². The van der Waals surface area contributed by atoms with Crippen LogP contribution in [0.2, 0.25) is 20.1 Å². The predicted octanol–water partition coefficient (Wildman–Crippen LogP) is 6.63. The molecule has 8 heteroatoms. The standard InChI is InChI=1S/C18H12Cl4N2OS/c19-12-2-3-13(15(21)8-12)17(9-24-6-5-23-10-24)25-18(26)11-1-4-14(20)16(22)7-11/h1-8,10,17H,9H2. The van der Waals surface area contributed by atoms with Crippen molar-refractivity contribution >= 4 is 63.7 Å². The number of halogens is 4. The molecule has 134 valence electrons. The first-order valence-electron chi connectivity index (χ1n) is 7.51. The summed E-state index contributed by atoms with van der Waals surface area (Å²) < 4.78 is 7.95. The Hall–Kier alpha value is -1.30. The van der Waals surface area contributed by atoms with E-state index in [1.54, 1.807) is 42.9 Å². The molecule has 0 aliphatic heterocycles. The molecule has 0 aliphatic rings. The SMILES string of the molecule is S=C(OC(Cn1ccnc1)c1ccc(Cl)cc1Cl)c1ccc(Cl)c(Cl)c1. The molecule has 1 unspecified atom stereocenters. The number of aromatic nitrogens is 2. The molecule has 0 saturated heterocycles. The number of rotatable bonds is 5. The summed E-state index contributed by atoms with van der Waals surface area (Å²) in [5.74, 6) is 0. The van der Waals surface area contributed by atoms with E-state index in [-0.39, 0.29) is 0 Å². The van der Waals surface area contributed by atoms with Gasteiger partial charge in [-0.05, 0) is 42.5 Å². The van der Waals surface area contributed by atoms with Gasteiger partial charge in [0, 0.05) is 33.6 Å². The normalized spacial score (nSPS) is 12.0. The highest BCUT2D eigenvalue weighted by Gasteiger charge is 2.20. The van der Waals surface area contributed by atoms with Gasteiger partial charge in [0.05, 0.1) is 22.9 Å². The van der Waals surface area contributed by atoms with Crippen LogP contribution >= 0.6 is 58.6 Å². The zero-order chi connectivity index (χ0) is 18.7. The summed E-state index contributed by atoms with van der Waals surface area (Å²) in [5.41, 5.74) is 1.43. The molecule has 0 spiro atoms. The lowest BCUT2D eigenvalue weighted by atomic mass is 10.1. The van der Waals surface area contributed by atoms with Gasteiger partial charge in [-0.1, -0.05) is 52.5 Å². The molecule has 0 bridgehead atoms. The first-order valence-corrected chi connectivity index (χ1v) is 9.43. The van der Waals surface area contributed by atoms with Crippen LogP contribution in [0.3, 0.4) is 0 Å². The van der Waals surface area contributed by atoms with Crippen LogP contribution in [-0.2, 0) is 11.3 Å². The fraction of sp³-hybridized carbons (Fsp3) is 0.111. The second-order valence-electron chi connectivity index (χ2n) is 5.45. The quantitative estimate of drug-likeness (QED) is 0.412. The summed E-state index contributed by atoms with van der Waals surface area (Å²) in [7, 11) is 0. The zero-order valence-corrected chi connectivity index (χ0v) is 17.0. The summed E-state index contributed by atoms with van der Waals surface area (Å²) in [6.07, 6.45) is 4.79. The molecule has 0 fully saturated rings. The summed E-state index contributed by atoms with van der Waals surface area (Å²) in [6, 6.07) is 10.4. The number of nitrogens with zero attached hydrogens (tertiary/aromatic N) is 2. The minimum absolute atomic E-state index is 0.291. The van der Waals surface area contributed by atoms with Crippen LogP contribution in [-0.4, -0.2) is 14.6 Å². The Kier molecular flexibility index (Phi) is 6.43. The molecule has 3 aromatic rings. The van der Waals surface area contributed by atoms with Gasteiger partial charge in [-0.2, -0.15) is 0 Å². The van der Waals surface area contributed by atoms with Crippen molar-refractivity contribution in [1.82, 2.24) is 9.55 Å². The molecule has 0 radical (unpaired) electrons. The lowest BCUT2D eigenvalue weighted by Gasteiger charge is -2.22. The van der Waals surface area contributed by atoms with Crippen molar-refractivity contribution in [2.75, 3.05) is 0 Å². The fourth-order valence-corrected chi connectivity index (χ4v) is 3.44. The third-order valence-electron chi connectivity index (χ3n) is 3.65. The average Bonchev–Trinajstić information content (AvgIpc) is 3.10. The number of hydrogen-bond donors (Lipinski definition) is 0. The second kappa shape index (κ2) is 8.59. The van der Waals surface area contributed by atoms with Crippen LogP contribution in [0, 0.1) is 0 Å². The molecule has 1 aromatic heterocycles. The van der Waals surface area contributed by atoms with Crippen molar-refractivity contribution in [3.8, 4) is 0 Å². The average molecular weight is 446 g/mol. The van der Waals surface area contributed by atoms with Crippen molar-refractivity contribution < 1.29 is 4.74 Å². The molecule has 0 N–H and O–H groups in total. The summed E-state index contributed by atoms with van der Waals surface area (Å²) in [4.78, 5) is 4.05. The third-order valence-corrected chi connectivity index (χ3v) is 5.28. The van der Waals surface area contributed by atoms with E-state index in [9.17, 15) is 0 Å². The van der Waals surface area contributed by atoms with Crippen molar-refractivity contribution in [2.24, 2.45) is 0 Å². The molecular weight excluding hydrogens is 434 g/mol. The Balaban J connectivity index is 1.89. The van der Waals surface area contributed by atoms with E-state index in [1.807, 2.05) is 16.8 Å². The molecule has 26 heavy (non-hydrogen) atoms. The van der Waals surface area contributed by atoms with E-state index in [0.717, 1.165) is 5.56 Å². The molecule has 1 atom stereocenters. The lowest BCUT2D eigenvalue weighted by molar-refractivity contribution is 0.176. The van der Waals surface area contributed by atoms with Gasteiger partial charge in [-0.3, -0.25) is 0 Å². The third kappa shape index (κ3) is 4.70. The maximum absolute atomic E-state index is 6.37. The van der Waals surface area contributed by atoms with Gasteiger partial charge in [0.2, 0.25) is 0 Å². The molecule has 0 saturated carbocycles. The zero-order valence-electron chi connectivity index (χ0n) is 13.2. The second-order valence-corrected chi connectivity index (χ2v) is 7.48. The van der Waals surface area contributed by atoms with Gasteiger partial charge in [-0.15, -0.1) is 0 Å². The molecular formula is C18H12Cl4N2OS. The lowest BCUT2D eigenvalue weighted by Crippen LogP contribution is -2.16. The van der Waals surface area contributed by atoms with Gasteiger partial charge in [0.25, 0.3) is 0 Å². The number of hydrogen-bond acceptors (Lipinski definition) is 3. The Bertz CT molecular complexity index is 931. The van der Waals surface area contributed by atoms with Gasteiger partial charge in [0.15, 0.2) is 5.05 Å². The maximum Gasteiger partial charge on any atom is 0.191 e. The first-order chi connectivity index (χ1) is 12.4. The Morgan fingerprint density at radius 1 is 1.04 bits per heavy atom. The monoisotopic (exact) mass is 444 g/mol. The minimum Gasteiger partial charge on any atom is -0.473 e. The van der Waals surface area contributed by atoms with E-state index < -0.39 is 6.10 Å². The molecule has 0 aliphatic carbocycles. The highest BCUT2D eigenvalue weighted by atomic mass is 35.5. The van der Waals surface area contributed by atoms with E-state index in [2.05, 4.69) is 4.98 Å². The highest BCUT2D eigenvalue weighted by molar-refractivity contribution is 7.80. The highest BCUT2D eigenvalue weighted by Crippen LogP contribution is 2.31. The fourth-order valence-electron chi connectivity index (χ4n) is 2.37. The summed E-state index contributed by atoms with van der Waals surface area (Å²) in [6.45, 7) is 0.475. The number of imidazole rings is 1. The van der Waals surface area contributed by atoms with Crippen molar-refractivity contribution in [3.63, 3.8) is 0 Å². The largest absolute Gasteiger partial charge is 0.473 e. The predicted molar refractivity (Wildman–Crippen MR) is 111 cm³/mol. The van der Waals surface area contributed by atoms with Crippen LogP contribution in [0.25, 0.3) is 0 Å². The van der Waals surface area contributed by atoms with E-state index in [1.165, 1.54) is 0 Å². The van der Waals surface area contributed by atoms with Crippen LogP contribution in [0.1, 0.15) is 17.2 Å².